The predicted octanol–water partition coefficient (Wildman–Crippen LogP) is 5.60. The average molecular weight is 442 g/mol. The Morgan fingerprint density at radius 2 is 1.97 bits per heavy atom. The Kier molecular flexibility index (Phi) is 7.97. The number of carbonyl (C=O) groups is 2. The number of hydrogen-bond donors (Lipinski definition) is 2. The Morgan fingerprint density at radius 1 is 1.19 bits per heavy atom. The molecule has 0 spiro atoms. The average Bonchev–Trinajstić information content (AvgIpc) is 2.91. The molecule has 5 nitrogen and oxygen atoms in total. The summed E-state index contributed by atoms with van der Waals surface area (Å²) < 4.78 is 0. The summed E-state index contributed by atoms with van der Waals surface area (Å²) in [6, 6.07) is 13.5. The molecule has 31 heavy (non-hydrogen) atoms. The van der Waals surface area contributed by atoms with Crippen molar-refractivity contribution in [3.8, 4) is 0 Å². The summed E-state index contributed by atoms with van der Waals surface area (Å²) in [5, 5.41) is 6.73. The topological polar surface area (TPSA) is 61.4 Å². The van der Waals surface area contributed by atoms with E-state index in [4.69, 9.17) is 11.6 Å². The summed E-state index contributed by atoms with van der Waals surface area (Å²) in [5.74, 6) is 0.0309. The number of amides is 2. The minimum Gasteiger partial charge on any atom is -0.385 e. The van der Waals surface area contributed by atoms with Gasteiger partial charge in [0.05, 0.1) is 10.6 Å². The number of fused-ring (bicyclic) bond motifs is 1. The van der Waals surface area contributed by atoms with E-state index < -0.39 is 0 Å². The van der Waals surface area contributed by atoms with Crippen molar-refractivity contribution in [2.24, 2.45) is 0 Å². The SMILES string of the molecule is CCCNc1ccc(C(=O)N2CCC[C@@H](CC(=O)NC(C)C)c3ccccc32)c(Cl)c1. The van der Waals surface area contributed by atoms with Gasteiger partial charge in [-0.3, -0.25) is 9.59 Å². The van der Waals surface area contributed by atoms with E-state index in [-0.39, 0.29) is 23.8 Å². The molecule has 6 heteroatoms. The van der Waals surface area contributed by atoms with Crippen molar-refractivity contribution in [2.75, 3.05) is 23.3 Å². The van der Waals surface area contributed by atoms with Crippen molar-refractivity contribution in [3.63, 3.8) is 0 Å². The van der Waals surface area contributed by atoms with Gasteiger partial charge in [-0.05, 0) is 68.9 Å². The summed E-state index contributed by atoms with van der Waals surface area (Å²) in [6.07, 6.45) is 3.13. The van der Waals surface area contributed by atoms with Crippen LogP contribution in [0, 0.1) is 0 Å². The van der Waals surface area contributed by atoms with Crippen LogP contribution in [0.4, 0.5) is 11.4 Å². The zero-order valence-corrected chi connectivity index (χ0v) is 19.3. The number of benzene rings is 2. The van der Waals surface area contributed by atoms with Gasteiger partial charge in [0.15, 0.2) is 0 Å². The predicted molar refractivity (Wildman–Crippen MR) is 128 cm³/mol. The Balaban J connectivity index is 1.86. The third-order valence-corrected chi connectivity index (χ3v) is 5.82. The number of para-hydroxylation sites is 1. The Labute approximate surface area is 190 Å². The first-order valence-corrected chi connectivity index (χ1v) is 11.5. The number of carbonyl (C=O) groups excluding carboxylic acids is 2. The lowest BCUT2D eigenvalue weighted by atomic mass is 9.90. The van der Waals surface area contributed by atoms with Crippen LogP contribution in [0.2, 0.25) is 5.02 Å². The summed E-state index contributed by atoms with van der Waals surface area (Å²) in [7, 11) is 0. The van der Waals surface area contributed by atoms with Gasteiger partial charge in [0.2, 0.25) is 5.91 Å². The van der Waals surface area contributed by atoms with Gasteiger partial charge in [0.1, 0.15) is 0 Å². The summed E-state index contributed by atoms with van der Waals surface area (Å²) >= 11 is 6.50. The first kappa shape index (κ1) is 23.1. The van der Waals surface area contributed by atoms with Crippen molar-refractivity contribution >= 4 is 34.8 Å². The minimum absolute atomic E-state index is 0.0489. The zero-order valence-electron chi connectivity index (χ0n) is 18.6. The minimum atomic E-state index is -0.105. The second-order valence-corrected chi connectivity index (χ2v) is 8.81. The summed E-state index contributed by atoms with van der Waals surface area (Å²) in [4.78, 5) is 27.7. The number of nitrogens with one attached hydrogen (secondary N) is 2. The summed E-state index contributed by atoms with van der Waals surface area (Å²) in [6.45, 7) is 7.49. The van der Waals surface area contributed by atoms with E-state index in [2.05, 4.69) is 17.6 Å². The monoisotopic (exact) mass is 441 g/mol. The number of rotatable bonds is 7. The molecule has 2 N–H and O–H groups in total. The van der Waals surface area contributed by atoms with Crippen molar-refractivity contribution in [3.05, 3.63) is 58.6 Å². The van der Waals surface area contributed by atoms with E-state index in [1.165, 1.54) is 0 Å². The fraction of sp³-hybridized carbons (Fsp3) is 0.440. The van der Waals surface area contributed by atoms with E-state index >= 15 is 0 Å². The van der Waals surface area contributed by atoms with Gasteiger partial charge in [-0.25, -0.2) is 0 Å². The van der Waals surface area contributed by atoms with Gasteiger partial charge in [0.25, 0.3) is 5.91 Å². The molecule has 3 rings (SSSR count). The molecular formula is C25H32ClN3O2. The molecule has 1 heterocycles. The highest BCUT2D eigenvalue weighted by molar-refractivity contribution is 6.34. The Bertz CT molecular complexity index is 929. The van der Waals surface area contributed by atoms with E-state index in [0.717, 1.165) is 42.7 Å². The van der Waals surface area contributed by atoms with Crippen LogP contribution in [0.3, 0.4) is 0 Å². The van der Waals surface area contributed by atoms with Crippen LogP contribution >= 0.6 is 11.6 Å². The molecule has 0 unspecified atom stereocenters. The van der Waals surface area contributed by atoms with Crippen LogP contribution in [0.25, 0.3) is 0 Å². The Morgan fingerprint density at radius 3 is 2.68 bits per heavy atom. The van der Waals surface area contributed by atoms with Crippen LogP contribution in [-0.4, -0.2) is 30.9 Å². The van der Waals surface area contributed by atoms with Gasteiger partial charge in [-0.1, -0.05) is 36.7 Å². The molecule has 1 aliphatic rings. The molecule has 1 atom stereocenters. The lowest BCUT2D eigenvalue weighted by molar-refractivity contribution is -0.122. The van der Waals surface area contributed by atoms with E-state index in [1.54, 1.807) is 6.07 Å². The second kappa shape index (κ2) is 10.7. The lowest BCUT2D eigenvalue weighted by Crippen LogP contribution is -2.32. The quantitative estimate of drug-likeness (QED) is 0.587. The van der Waals surface area contributed by atoms with E-state index in [0.29, 0.717) is 23.6 Å². The molecule has 0 bridgehead atoms. The number of nitrogens with zero attached hydrogens (tertiary/aromatic N) is 1. The van der Waals surface area contributed by atoms with Crippen molar-refractivity contribution in [1.29, 1.82) is 0 Å². The number of halogens is 1. The molecule has 0 radical (unpaired) electrons. The molecular weight excluding hydrogens is 410 g/mol. The van der Waals surface area contributed by atoms with Crippen LogP contribution in [0.5, 0.6) is 0 Å². The van der Waals surface area contributed by atoms with Gasteiger partial charge in [-0.2, -0.15) is 0 Å². The van der Waals surface area contributed by atoms with Crippen LogP contribution in [0.15, 0.2) is 42.5 Å². The number of hydrogen-bond acceptors (Lipinski definition) is 3. The molecule has 2 aromatic carbocycles. The molecule has 166 valence electrons. The molecule has 0 aromatic heterocycles. The number of anilines is 2. The fourth-order valence-electron chi connectivity index (χ4n) is 4.09. The fourth-order valence-corrected chi connectivity index (χ4v) is 4.35. The van der Waals surface area contributed by atoms with Gasteiger partial charge >= 0.3 is 0 Å². The first-order valence-electron chi connectivity index (χ1n) is 11.1. The maximum absolute atomic E-state index is 13.5. The maximum atomic E-state index is 13.5. The molecule has 0 fully saturated rings. The van der Waals surface area contributed by atoms with Crippen LogP contribution in [-0.2, 0) is 4.79 Å². The molecule has 0 saturated heterocycles. The van der Waals surface area contributed by atoms with Gasteiger partial charge in [0, 0.05) is 36.9 Å². The highest BCUT2D eigenvalue weighted by atomic mass is 35.5. The smallest absolute Gasteiger partial charge is 0.259 e. The van der Waals surface area contributed by atoms with E-state index in [9.17, 15) is 9.59 Å². The van der Waals surface area contributed by atoms with E-state index in [1.807, 2.05) is 55.1 Å². The molecule has 0 saturated carbocycles. The third-order valence-electron chi connectivity index (χ3n) is 5.51. The van der Waals surface area contributed by atoms with Crippen molar-refractivity contribution in [1.82, 2.24) is 5.32 Å². The van der Waals surface area contributed by atoms with Crippen molar-refractivity contribution < 1.29 is 9.59 Å². The lowest BCUT2D eigenvalue weighted by Gasteiger charge is -2.25. The Hall–Kier alpha value is -2.53. The highest BCUT2D eigenvalue weighted by Gasteiger charge is 2.29. The normalized spacial score (nSPS) is 15.9. The molecule has 2 aromatic rings. The van der Waals surface area contributed by atoms with Crippen LogP contribution < -0.4 is 15.5 Å². The van der Waals surface area contributed by atoms with Gasteiger partial charge < -0.3 is 15.5 Å². The first-order chi connectivity index (χ1) is 14.9. The molecule has 0 aliphatic carbocycles. The highest BCUT2D eigenvalue weighted by Crippen LogP contribution is 2.37. The third kappa shape index (κ3) is 5.79. The molecule has 1 aliphatic heterocycles. The van der Waals surface area contributed by atoms with Gasteiger partial charge in [-0.15, -0.1) is 0 Å². The second-order valence-electron chi connectivity index (χ2n) is 8.40. The van der Waals surface area contributed by atoms with Crippen molar-refractivity contribution in [2.45, 2.75) is 58.4 Å². The zero-order chi connectivity index (χ0) is 22.4. The molecule has 2 amide bonds. The maximum Gasteiger partial charge on any atom is 0.259 e. The largest absolute Gasteiger partial charge is 0.385 e. The summed E-state index contributed by atoms with van der Waals surface area (Å²) in [5.41, 5.74) is 3.33. The van der Waals surface area contributed by atoms with Crippen LogP contribution in [0.1, 0.15) is 68.3 Å². The standard InChI is InChI=1S/C25H32ClN3O2/c1-4-13-27-19-11-12-21(22(26)16-19)25(31)29-14-7-8-18(15-24(30)28-17(2)3)20-9-5-6-10-23(20)29/h5-6,9-12,16-18,27H,4,7-8,13-15H2,1-3H3,(H,28,30)/t18-/m0/s1.